The Balaban J connectivity index is 2.01. The Hall–Kier alpha value is -1.76. The highest BCUT2D eigenvalue weighted by Crippen LogP contribution is 2.22. The minimum absolute atomic E-state index is 0.131. The highest BCUT2D eigenvalue weighted by atomic mass is 16.3. The van der Waals surface area contributed by atoms with Crippen molar-refractivity contribution in [1.82, 2.24) is 14.7 Å². The molecule has 6 nitrogen and oxygen atoms in total. The molecule has 0 atom stereocenters. The summed E-state index contributed by atoms with van der Waals surface area (Å²) in [6, 6.07) is 4.05. The van der Waals surface area contributed by atoms with E-state index in [0.717, 1.165) is 45.1 Å². The topological polar surface area (TPSA) is 77.5 Å². The second kappa shape index (κ2) is 8.63. The summed E-state index contributed by atoms with van der Waals surface area (Å²) in [6.45, 7) is 6.66. The van der Waals surface area contributed by atoms with Crippen molar-refractivity contribution >= 4 is 0 Å². The first-order valence-electron chi connectivity index (χ1n) is 8.17. The summed E-state index contributed by atoms with van der Waals surface area (Å²) in [7, 11) is 0. The van der Waals surface area contributed by atoms with Gasteiger partial charge in [0.25, 0.3) is 0 Å². The molecule has 2 aliphatic heterocycles. The molecular weight excluding hydrogens is 278 g/mol. The van der Waals surface area contributed by atoms with Crippen molar-refractivity contribution in [2.24, 2.45) is 0 Å². The summed E-state index contributed by atoms with van der Waals surface area (Å²) in [4.78, 5) is 6.69. The first kappa shape index (κ1) is 16.6. The van der Waals surface area contributed by atoms with E-state index in [1.807, 2.05) is 12.1 Å². The summed E-state index contributed by atoms with van der Waals surface area (Å²) < 4.78 is 0. The molecule has 1 N–H and O–H groups in total. The Labute approximate surface area is 132 Å². The van der Waals surface area contributed by atoms with Gasteiger partial charge in [0.1, 0.15) is 18.0 Å². The largest absolute Gasteiger partial charge is 0.396 e. The van der Waals surface area contributed by atoms with Gasteiger partial charge in [0.15, 0.2) is 5.57 Å². The number of rotatable bonds is 6. The summed E-state index contributed by atoms with van der Waals surface area (Å²) in [5.74, 6) is 0.760. The van der Waals surface area contributed by atoms with E-state index < -0.39 is 0 Å². The van der Waals surface area contributed by atoms with Crippen molar-refractivity contribution in [3.8, 4) is 12.1 Å². The van der Waals surface area contributed by atoms with E-state index in [1.54, 1.807) is 0 Å². The number of allylic oxidation sites excluding steroid dienone is 1. The number of hydrogen-bond donors (Lipinski definition) is 1. The van der Waals surface area contributed by atoms with E-state index in [4.69, 9.17) is 5.11 Å². The van der Waals surface area contributed by atoms with Gasteiger partial charge in [0, 0.05) is 39.3 Å². The summed E-state index contributed by atoms with van der Waals surface area (Å²) in [5.41, 5.74) is 0.189. The molecular formula is C16H25N5O. The number of piperidine rings is 1. The van der Waals surface area contributed by atoms with E-state index in [1.165, 1.54) is 19.3 Å². The molecule has 0 aromatic rings. The fraction of sp³-hybridized carbons (Fsp3) is 0.750. The van der Waals surface area contributed by atoms with Crippen LogP contribution in [0.3, 0.4) is 0 Å². The Bertz CT molecular complexity index is 454. The molecule has 0 radical (unpaired) electrons. The van der Waals surface area contributed by atoms with Gasteiger partial charge in [-0.05, 0) is 32.4 Å². The van der Waals surface area contributed by atoms with Crippen LogP contribution in [0.4, 0.5) is 0 Å². The molecule has 120 valence electrons. The number of hydrogen-bond acceptors (Lipinski definition) is 6. The molecule has 22 heavy (non-hydrogen) atoms. The molecule has 2 saturated heterocycles. The van der Waals surface area contributed by atoms with Gasteiger partial charge in [-0.1, -0.05) is 6.42 Å². The van der Waals surface area contributed by atoms with Crippen molar-refractivity contribution < 1.29 is 5.11 Å². The lowest BCUT2D eigenvalue weighted by atomic mass is 10.1. The Morgan fingerprint density at radius 3 is 2.14 bits per heavy atom. The van der Waals surface area contributed by atoms with Crippen molar-refractivity contribution in [3.05, 3.63) is 11.4 Å². The zero-order chi connectivity index (χ0) is 15.8. The van der Waals surface area contributed by atoms with Crippen LogP contribution in [0.2, 0.25) is 0 Å². The van der Waals surface area contributed by atoms with Gasteiger partial charge in [-0.3, -0.25) is 0 Å². The highest BCUT2D eigenvalue weighted by molar-refractivity contribution is 5.40. The SMILES string of the molecule is N#CC(C#N)=C1N(CCCO)CCN1CCN1CCCCC1. The summed E-state index contributed by atoms with van der Waals surface area (Å²) in [5, 5.41) is 27.5. The fourth-order valence-electron chi connectivity index (χ4n) is 3.24. The van der Waals surface area contributed by atoms with Gasteiger partial charge in [0.05, 0.1) is 0 Å². The molecule has 6 heteroatoms. The molecule has 0 unspecified atom stereocenters. The zero-order valence-corrected chi connectivity index (χ0v) is 13.2. The van der Waals surface area contributed by atoms with Crippen LogP contribution in [-0.2, 0) is 0 Å². The predicted molar refractivity (Wildman–Crippen MR) is 83.4 cm³/mol. The molecule has 2 rings (SSSR count). The van der Waals surface area contributed by atoms with Crippen LogP contribution in [0.1, 0.15) is 25.7 Å². The van der Waals surface area contributed by atoms with Gasteiger partial charge in [-0.15, -0.1) is 0 Å². The van der Waals surface area contributed by atoms with Gasteiger partial charge >= 0.3 is 0 Å². The monoisotopic (exact) mass is 303 g/mol. The maximum atomic E-state index is 9.22. The normalized spacial score (nSPS) is 19.1. The quantitative estimate of drug-likeness (QED) is 0.729. The Morgan fingerprint density at radius 1 is 0.909 bits per heavy atom. The first-order valence-corrected chi connectivity index (χ1v) is 8.17. The molecule has 0 spiro atoms. The number of nitrogens with zero attached hydrogens (tertiary/aromatic N) is 5. The van der Waals surface area contributed by atoms with Crippen LogP contribution in [-0.4, -0.2) is 72.2 Å². The summed E-state index contributed by atoms with van der Waals surface area (Å²) in [6.07, 6.45) is 4.53. The standard InChI is InChI=1S/C16H25N5O/c17-13-15(14-18)16-20(7-4-12-22)10-11-21(16)9-8-19-5-2-1-3-6-19/h22H,1-12H2. The van der Waals surface area contributed by atoms with Crippen molar-refractivity contribution in [2.45, 2.75) is 25.7 Å². The third kappa shape index (κ3) is 4.13. The Kier molecular flexibility index (Phi) is 6.51. The van der Waals surface area contributed by atoms with E-state index in [9.17, 15) is 10.5 Å². The number of aliphatic hydroxyl groups excluding tert-OH is 1. The number of aliphatic hydroxyl groups is 1. The van der Waals surface area contributed by atoms with Crippen LogP contribution < -0.4 is 0 Å². The molecule has 0 aromatic carbocycles. The van der Waals surface area contributed by atoms with Gasteiger partial charge in [-0.25, -0.2) is 0 Å². The first-order chi connectivity index (χ1) is 10.8. The van der Waals surface area contributed by atoms with Crippen LogP contribution >= 0.6 is 0 Å². The average molecular weight is 303 g/mol. The van der Waals surface area contributed by atoms with Crippen molar-refractivity contribution in [1.29, 1.82) is 10.5 Å². The predicted octanol–water partition coefficient (Wildman–Crippen LogP) is 0.731. The van der Waals surface area contributed by atoms with Crippen molar-refractivity contribution in [3.63, 3.8) is 0 Å². The summed E-state index contributed by atoms with van der Waals surface area (Å²) >= 11 is 0. The van der Waals surface area contributed by atoms with Crippen LogP contribution in [0.15, 0.2) is 11.4 Å². The van der Waals surface area contributed by atoms with Crippen LogP contribution in [0, 0.1) is 22.7 Å². The lowest BCUT2D eigenvalue weighted by Gasteiger charge is -2.30. The van der Waals surface area contributed by atoms with Gasteiger partial charge < -0.3 is 19.8 Å². The van der Waals surface area contributed by atoms with E-state index in [-0.39, 0.29) is 12.2 Å². The number of likely N-dealkylation sites (tertiary alicyclic amines) is 1. The molecule has 0 bridgehead atoms. The van der Waals surface area contributed by atoms with Crippen molar-refractivity contribution in [2.75, 3.05) is 52.4 Å². The van der Waals surface area contributed by atoms with E-state index >= 15 is 0 Å². The van der Waals surface area contributed by atoms with Gasteiger partial charge in [0.2, 0.25) is 0 Å². The molecule has 2 aliphatic rings. The Morgan fingerprint density at radius 2 is 1.55 bits per heavy atom. The second-order valence-electron chi connectivity index (χ2n) is 5.88. The zero-order valence-electron chi connectivity index (χ0n) is 13.2. The van der Waals surface area contributed by atoms with E-state index in [0.29, 0.717) is 13.0 Å². The highest BCUT2D eigenvalue weighted by Gasteiger charge is 2.28. The maximum absolute atomic E-state index is 9.22. The maximum Gasteiger partial charge on any atom is 0.169 e. The van der Waals surface area contributed by atoms with Crippen LogP contribution in [0.25, 0.3) is 0 Å². The lowest BCUT2D eigenvalue weighted by molar-refractivity contribution is 0.201. The third-order valence-electron chi connectivity index (χ3n) is 4.41. The minimum Gasteiger partial charge on any atom is -0.396 e. The molecule has 0 saturated carbocycles. The average Bonchev–Trinajstić information content (AvgIpc) is 2.96. The molecule has 0 aromatic heterocycles. The molecule has 2 heterocycles. The molecule has 0 aliphatic carbocycles. The van der Waals surface area contributed by atoms with Crippen LogP contribution in [0.5, 0.6) is 0 Å². The van der Waals surface area contributed by atoms with Gasteiger partial charge in [-0.2, -0.15) is 10.5 Å². The molecule has 2 fully saturated rings. The third-order valence-corrected chi connectivity index (χ3v) is 4.41. The minimum atomic E-state index is 0.131. The smallest absolute Gasteiger partial charge is 0.169 e. The second-order valence-corrected chi connectivity index (χ2v) is 5.88. The number of nitriles is 2. The lowest BCUT2D eigenvalue weighted by Crippen LogP contribution is -2.37. The molecule has 0 amide bonds. The fourth-order valence-corrected chi connectivity index (χ4v) is 3.24. The van der Waals surface area contributed by atoms with E-state index in [2.05, 4.69) is 14.7 Å².